The minimum Gasteiger partial charge on any atom is -0.298 e. The largest absolute Gasteiger partial charge is 0.298 e. The zero-order valence-corrected chi connectivity index (χ0v) is 12.9. The molecule has 0 spiro atoms. The summed E-state index contributed by atoms with van der Waals surface area (Å²) in [6, 6.07) is 0.684. The van der Waals surface area contributed by atoms with Gasteiger partial charge >= 0.3 is 0 Å². The average molecular weight is 251 g/mol. The summed E-state index contributed by atoms with van der Waals surface area (Å²) >= 11 is 0. The van der Waals surface area contributed by atoms with Crippen LogP contribution in [-0.2, 0) is 4.79 Å². The zero-order valence-electron chi connectivity index (χ0n) is 12.9. The molecule has 0 radical (unpaired) electrons. The predicted octanol–water partition coefficient (Wildman–Crippen LogP) is 3.36. The summed E-state index contributed by atoms with van der Waals surface area (Å²) in [5.74, 6) is 1.99. The molecule has 1 aliphatic carbocycles. The number of ketones is 1. The summed E-state index contributed by atoms with van der Waals surface area (Å²) in [6.45, 7) is 14.4. The Hall–Kier alpha value is -0.370. The van der Waals surface area contributed by atoms with Crippen LogP contribution >= 0.6 is 0 Å². The highest BCUT2D eigenvalue weighted by Crippen LogP contribution is 2.52. The monoisotopic (exact) mass is 251 g/mol. The van der Waals surface area contributed by atoms with E-state index in [-0.39, 0.29) is 12.0 Å². The van der Waals surface area contributed by atoms with Crippen LogP contribution in [0.5, 0.6) is 0 Å². The number of fused-ring (bicyclic) bond motifs is 1. The number of carbonyl (C=O) groups is 1. The molecular weight excluding hydrogens is 222 g/mol. The van der Waals surface area contributed by atoms with Gasteiger partial charge in [-0.2, -0.15) is 0 Å². The van der Waals surface area contributed by atoms with E-state index in [1.54, 1.807) is 0 Å². The third-order valence-corrected chi connectivity index (χ3v) is 4.94. The standard InChI is InChI=1S/C16H29NO/c1-10(2)15(18)14-13-8-16(5,6)7-12(13)9-17(14)11(3)4/h10-14H,7-9H2,1-6H3/t12-,13-,14?/m0/s1. The summed E-state index contributed by atoms with van der Waals surface area (Å²) < 4.78 is 0. The minimum atomic E-state index is 0.165. The molecule has 2 rings (SSSR count). The number of hydrogen-bond acceptors (Lipinski definition) is 2. The second-order valence-corrected chi connectivity index (χ2v) is 7.79. The summed E-state index contributed by atoms with van der Waals surface area (Å²) in [5.41, 5.74) is 0.438. The highest BCUT2D eigenvalue weighted by atomic mass is 16.1. The molecule has 18 heavy (non-hydrogen) atoms. The van der Waals surface area contributed by atoms with Gasteiger partial charge in [-0.1, -0.05) is 27.7 Å². The lowest BCUT2D eigenvalue weighted by Crippen LogP contribution is -2.45. The van der Waals surface area contributed by atoms with Crippen molar-refractivity contribution in [2.45, 2.75) is 66.5 Å². The number of carbonyl (C=O) groups excluding carboxylic acids is 1. The van der Waals surface area contributed by atoms with E-state index < -0.39 is 0 Å². The summed E-state index contributed by atoms with van der Waals surface area (Å²) in [7, 11) is 0. The van der Waals surface area contributed by atoms with Crippen molar-refractivity contribution in [1.29, 1.82) is 0 Å². The minimum absolute atomic E-state index is 0.165. The van der Waals surface area contributed by atoms with Crippen LogP contribution in [0.25, 0.3) is 0 Å². The van der Waals surface area contributed by atoms with Gasteiger partial charge in [0.05, 0.1) is 6.04 Å². The maximum absolute atomic E-state index is 12.6. The first-order chi connectivity index (χ1) is 8.23. The van der Waals surface area contributed by atoms with Gasteiger partial charge in [-0.3, -0.25) is 9.69 Å². The van der Waals surface area contributed by atoms with Gasteiger partial charge in [0.15, 0.2) is 5.78 Å². The molecule has 0 amide bonds. The van der Waals surface area contributed by atoms with Gasteiger partial charge in [-0.05, 0) is 43.9 Å². The highest BCUT2D eigenvalue weighted by Gasteiger charge is 2.52. The number of Topliss-reactive ketones (excluding diaryl/α,β-unsaturated/α-hetero) is 1. The zero-order chi connectivity index (χ0) is 13.7. The Morgan fingerprint density at radius 3 is 2.28 bits per heavy atom. The van der Waals surface area contributed by atoms with Crippen molar-refractivity contribution in [3.8, 4) is 0 Å². The van der Waals surface area contributed by atoms with Gasteiger partial charge in [0.25, 0.3) is 0 Å². The van der Waals surface area contributed by atoms with E-state index in [1.807, 2.05) is 13.8 Å². The predicted molar refractivity (Wildman–Crippen MR) is 75.5 cm³/mol. The molecule has 1 saturated heterocycles. The fourth-order valence-corrected chi connectivity index (χ4v) is 4.20. The lowest BCUT2D eigenvalue weighted by atomic mass is 9.85. The van der Waals surface area contributed by atoms with Crippen molar-refractivity contribution in [2.75, 3.05) is 6.54 Å². The Morgan fingerprint density at radius 2 is 1.78 bits per heavy atom. The molecule has 0 aromatic heterocycles. The van der Waals surface area contributed by atoms with E-state index >= 15 is 0 Å². The quantitative estimate of drug-likeness (QED) is 0.766. The van der Waals surface area contributed by atoms with Crippen LogP contribution in [0.3, 0.4) is 0 Å². The van der Waals surface area contributed by atoms with E-state index in [4.69, 9.17) is 0 Å². The lowest BCUT2D eigenvalue weighted by Gasteiger charge is -2.33. The summed E-state index contributed by atoms with van der Waals surface area (Å²) in [6.07, 6.45) is 2.52. The van der Waals surface area contributed by atoms with Crippen molar-refractivity contribution in [1.82, 2.24) is 4.90 Å². The molecular formula is C16H29NO. The Bertz CT molecular complexity index is 332. The number of rotatable bonds is 3. The second kappa shape index (κ2) is 4.63. The third kappa shape index (κ3) is 2.36. The van der Waals surface area contributed by atoms with Crippen molar-refractivity contribution >= 4 is 5.78 Å². The maximum atomic E-state index is 12.6. The Balaban J connectivity index is 2.23. The maximum Gasteiger partial charge on any atom is 0.152 e. The van der Waals surface area contributed by atoms with Crippen LogP contribution in [-0.4, -0.2) is 29.3 Å². The molecule has 0 aromatic carbocycles. The van der Waals surface area contributed by atoms with Gasteiger partial charge in [0.1, 0.15) is 0 Å². The molecule has 0 aromatic rings. The van der Waals surface area contributed by atoms with Gasteiger partial charge in [0.2, 0.25) is 0 Å². The lowest BCUT2D eigenvalue weighted by molar-refractivity contribution is -0.128. The molecule has 2 nitrogen and oxygen atoms in total. The molecule has 2 fully saturated rings. The van der Waals surface area contributed by atoms with Crippen LogP contribution in [0.15, 0.2) is 0 Å². The molecule has 1 unspecified atom stereocenters. The van der Waals surface area contributed by atoms with E-state index in [2.05, 4.69) is 32.6 Å². The molecule has 2 aliphatic rings. The first-order valence-corrected chi connectivity index (χ1v) is 7.52. The van der Waals surface area contributed by atoms with Crippen molar-refractivity contribution in [2.24, 2.45) is 23.2 Å². The summed E-state index contributed by atoms with van der Waals surface area (Å²) in [4.78, 5) is 15.0. The van der Waals surface area contributed by atoms with Gasteiger partial charge in [-0.25, -0.2) is 0 Å². The molecule has 3 atom stereocenters. The second-order valence-electron chi connectivity index (χ2n) is 7.79. The molecule has 2 heteroatoms. The SMILES string of the molecule is CC(C)C(=O)C1[C@H]2CC(C)(C)C[C@H]2CN1C(C)C. The van der Waals surface area contributed by atoms with Crippen LogP contribution in [0.4, 0.5) is 0 Å². The number of nitrogens with zero attached hydrogens (tertiary/aromatic N) is 1. The van der Waals surface area contributed by atoms with E-state index in [1.165, 1.54) is 12.8 Å². The van der Waals surface area contributed by atoms with Gasteiger partial charge < -0.3 is 0 Å². The van der Waals surface area contributed by atoms with Crippen molar-refractivity contribution < 1.29 is 4.79 Å². The van der Waals surface area contributed by atoms with Crippen LogP contribution in [0.1, 0.15) is 54.4 Å². The molecule has 0 N–H and O–H groups in total. The van der Waals surface area contributed by atoms with E-state index in [0.29, 0.717) is 23.2 Å². The van der Waals surface area contributed by atoms with Gasteiger partial charge in [-0.15, -0.1) is 0 Å². The number of likely N-dealkylation sites (tertiary alicyclic amines) is 1. The average Bonchev–Trinajstić information content (AvgIpc) is 2.68. The molecule has 0 bridgehead atoms. The number of hydrogen-bond donors (Lipinski definition) is 0. The first kappa shape index (κ1) is 14.0. The molecule has 104 valence electrons. The Labute approximate surface area is 112 Å². The fourth-order valence-electron chi connectivity index (χ4n) is 4.20. The Kier molecular flexibility index (Phi) is 3.61. The normalized spacial score (nSPS) is 35.4. The third-order valence-electron chi connectivity index (χ3n) is 4.94. The van der Waals surface area contributed by atoms with Crippen LogP contribution in [0, 0.1) is 23.2 Å². The van der Waals surface area contributed by atoms with Crippen molar-refractivity contribution in [3.05, 3.63) is 0 Å². The molecule has 1 heterocycles. The van der Waals surface area contributed by atoms with E-state index in [9.17, 15) is 4.79 Å². The first-order valence-electron chi connectivity index (χ1n) is 7.52. The smallest absolute Gasteiger partial charge is 0.152 e. The molecule has 1 saturated carbocycles. The topological polar surface area (TPSA) is 20.3 Å². The summed E-state index contributed by atoms with van der Waals surface area (Å²) in [5, 5.41) is 0. The fraction of sp³-hybridized carbons (Fsp3) is 0.938. The Morgan fingerprint density at radius 1 is 1.17 bits per heavy atom. The van der Waals surface area contributed by atoms with Crippen LogP contribution < -0.4 is 0 Å². The van der Waals surface area contributed by atoms with Crippen molar-refractivity contribution in [3.63, 3.8) is 0 Å². The van der Waals surface area contributed by atoms with E-state index in [0.717, 1.165) is 12.5 Å². The van der Waals surface area contributed by atoms with Gasteiger partial charge in [0, 0.05) is 18.5 Å². The highest BCUT2D eigenvalue weighted by molar-refractivity contribution is 5.86. The molecule has 1 aliphatic heterocycles. The van der Waals surface area contributed by atoms with Crippen LogP contribution in [0.2, 0.25) is 0 Å².